The molecule has 27 heavy (non-hydrogen) atoms. The van der Waals surface area contributed by atoms with E-state index in [9.17, 15) is 13.6 Å². The van der Waals surface area contributed by atoms with Crippen LogP contribution in [-0.2, 0) is 4.79 Å². The number of fused-ring (bicyclic) bond motifs is 1. The molecule has 2 aromatic carbocycles. The van der Waals surface area contributed by atoms with Crippen molar-refractivity contribution in [1.29, 1.82) is 0 Å². The minimum absolute atomic E-state index is 0.0430. The second-order valence-electron chi connectivity index (χ2n) is 6.63. The molecule has 7 heteroatoms. The number of hydrogen-bond donors (Lipinski definition) is 3. The van der Waals surface area contributed by atoms with Crippen LogP contribution in [0.3, 0.4) is 0 Å². The van der Waals surface area contributed by atoms with Crippen LogP contribution >= 0.6 is 0 Å². The van der Waals surface area contributed by atoms with Gasteiger partial charge < -0.3 is 11.1 Å². The first-order valence-electron chi connectivity index (χ1n) is 8.53. The van der Waals surface area contributed by atoms with Crippen molar-refractivity contribution >= 4 is 34.6 Å². The summed E-state index contributed by atoms with van der Waals surface area (Å²) < 4.78 is 27.3. The number of nitrogens with zero attached hydrogens (tertiary/aromatic N) is 1. The van der Waals surface area contributed by atoms with Gasteiger partial charge in [-0.3, -0.25) is 9.89 Å². The standard InChI is InChI=1S/C20H20F2N4O/c1-11(2)19(23)20(27)24-18-9-14-16(25-26-17(14)10-15(18)22)8-5-12-3-6-13(21)7-4-12/h3-11,19H,23H2,1-2H3,(H,24,27)(H,25,26)/b8-5+. The number of amides is 1. The molecule has 1 unspecified atom stereocenters. The van der Waals surface area contributed by atoms with E-state index in [0.717, 1.165) is 5.56 Å². The Balaban J connectivity index is 1.90. The lowest BCUT2D eigenvalue weighted by Crippen LogP contribution is -2.39. The van der Waals surface area contributed by atoms with E-state index in [1.54, 1.807) is 24.3 Å². The number of carbonyl (C=O) groups excluding carboxylic acids is 1. The number of aromatic amines is 1. The van der Waals surface area contributed by atoms with Crippen LogP contribution in [0.5, 0.6) is 0 Å². The molecule has 5 nitrogen and oxygen atoms in total. The Morgan fingerprint density at radius 1 is 1.19 bits per heavy atom. The third-order valence-corrected chi connectivity index (χ3v) is 4.26. The molecule has 0 radical (unpaired) electrons. The van der Waals surface area contributed by atoms with Gasteiger partial charge in [0.1, 0.15) is 11.6 Å². The predicted molar refractivity (Wildman–Crippen MR) is 103 cm³/mol. The van der Waals surface area contributed by atoms with E-state index in [4.69, 9.17) is 5.73 Å². The van der Waals surface area contributed by atoms with Gasteiger partial charge in [-0.1, -0.05) is 32.1 Å². The predicted octanol–water partition coefficient (Wildman–Crippen LogP) is 3.93. The number of halogens is 2. The molecule has 1 atom stereocenters. The molecule has 0 aliphatic rings. The van der Waals surface area contributed by atoms with Gasteiger partial charge in [-0.2, -0.15) is 5.10 Å². The Bertz CT molecular complexity index is 993. The van der Waals surface area contributed by atoms with Gasteiger partial charge in [-0.15, -0.1) is 0 Å². The van der Waals surface area contributed by atoms with E-state index in [-0.39, 0.29) is 17.4 Å². The third kappa shape index (κ3) is 4.20. The van der Waals surface area contributed by atoms with Crippen LogP contribution in [0.15, 0.2) is 36.4 Å². The number of anilines is 1. The first-order chi connectivity index (χ1) is 12.8. The first-order valence-corrected chi connectivity index (χ1v) is 8.53. The van der Waals surface area contributed by atoms with Crippen molar-refractivity contribution in [3.05, 3.63) is 59.3 Å². The molecule has 0 saturated carbocycles. The number of H-pyrrole nitrogens is 1. The lowest BCUT2D eigenvalue weighted by molar-refractivity contribution is -0.118. The molecule has 0 aliphatic carbocycles. The van der Waals surface area contributed by atoms with Crippen LogP contribution in [0, 0.1) is 17.6 Å². The average molecular weight is 370 g/mol. The van der Waals surface area contributed by atoms with Gasteiger partial charge in [0.25, 0.3) is 0 Å². The molecular formula is C20H20F2N4O. The number of hydrogen-bond acceptors (Lipinski definition) is 3. The van der Waals surface area contributed by atoms with Crippen molar-refractivity contribution < 1.29 is 13.6 Å². The topological polar surface area (TPSA) is 83.8 Å². The first kappa shape index (κ1) is 18.7. The Hall–Kier alpha value is -3.06. The molecule has 0 aliphatic heterocycles. The molecule has 0 saturated heterocycles. The summed E-state index contributed by atoms with van der Waals surface area (Å²) in [4.78, 5) is 12.1. The van der Waals surface area contributed by atoms with Gasteiger partial charge in [0.05, 0.1) is 22.9 Å². The van der Waals surface area contributed by atoms with Crippen LogP contribution in [-0.4, -0.2) is 22.1 Å². The summed E-state index contributed by atoms with van der Waals surface area (Å²) >= 11 is 0. The fourth-order valence-electron chi connectivity index (χ4n) is 2.55. The molecule has 0 fully saturated rings. The SMILES string of the molecule is CC(C)C(N)C(=O)Nc1cc2c(/C=C/c3ccc(F)cc3)n[nH]c2cc1F. The Labute approximate surface area is 155 Å². The summed E-state index contributed by atoms with van der Waals surface area (Å²) in [5.41, 5.74) is 7.72. The van der Waals surface area contributed by atoms with Gasteiger partial charge in [0.15, 0.2) is 0 Å². The van der Waals surface area contributed by atoms with Gasteiger partial charge in [-0.05, 0) is 35.8 Å². The number of rotatable bonds is 5. The third-order valence-electron chi connectivity index (χ3n) is 4.26. The molecule has 140 valence electrons. The van der Waals surface area contributed by atoms with Crippen molar-refractivity contribution in [2.24, 2.45) is 11.7 Å². The Morgan fingerprint density at radius 3 is 2.56 bits per heavy atom. The molecule has 1 aromatic heterocycles. The minimum atomic E-state index is -0.734. The van der Waals surface area contributed by atoms with Gasteiger partial charge in [-0.25, -0.2) is 8.78 Å². The zero-order valence-electron chi connectivity index (χ0n) is 15.0. The molecule has 3 aromatic rings. The summed E-state index contributed by atoms with van der Waals surface area (Å²) in [6, 6.07) is 8.06. The highest BCUT2D eigenvalue weighted by Gasteiger charge is 2.19. The highest BCUT2D eigenvalue weighted by molar-refractivity contribution is 5.98. The minimum Gasteiger partial charge on any atom is -0.322 e. The molecular weight excluding hydrogens is 350 g/mol. The van der Waals surface area contributed by atoms with E-state index in [1.807, 2.05) is 13.8 Å². The number of carbonyl (C=O) groups is 1. The molecule has 4 N–H and O–H groups in total. The van der Waals surface area contributed by atoms with Gasteiger partial charge in [0.2, 0.25) is 5.91 Å². The van der Waals surface area contributed by atoms with E-state index in [0.29, 0.717) is 16.6 Å². The van der Waals surface area contributed by atoms with Crippen LogP contribution in [0.2, 0.25) is 0 Å². The van der Waals surface area contributed by atoms with E-state index in [1.165, 1.54) is 24.3 Å². The maximum Gasteiger partial charge on any atom is 0.241 e. The van der Waals surface area contributed by atoms with E-state index >= 15 is 0 Å². The van der Waals surface area contributed by atoms with Crippen molar-refractivity contribution in [3.8, 4) is 0 Å². The second kappa shape index (κ2) is 7.67. The normalized spacial score (nSPS) is 12.8. The summed E-state index contributed by atoms with van der Waals surface area (Å²) in [6.45, 7) is 3.64. The average Bonchev–Trinajstić information content (AvgIpc) is 3.02. The lowest BCUT2D eigenvalue weighted by Gasteiger charge is -2.15. The molecule has 3 rings (SSSR count). The van der Waals surface area contributed by atoms with Gasteiger partial charge in [0, 0.05) is 11.5 Å². The number of aromatic nitrogens is 2. The molecule has 1 heterocycles. The maximum absolute atomic E-state index is 14.3. The maximum atomic E-state index is 14.3. The largest absolute Gasteiger partial charge is 0.322 e. The lowest BCUT2D eigenvalue weighted by atomic mass is 10.0. The summed E-state index contributed by atoms with van der Waals surface area (Å²) in [6.07, 6.45) is 3.50. The van der Waals surface area contributed by atoms with Crippen molar-refractivity contribution in [2.75, 3.05) is 5.32 Å². The smallest absolute Gasteiger partial charge is 0.241 e. The second-order valence-corrected chi connectivity index (χ2v) is 6.63. The van der Waals surface area contributed by atoms with Crippen LogP contribution in [0.1, 0.15) is 25.1 Å². The molecule has 0 bridgehead atoms. The number of benzene rings is 2. The number of nitrogens with two attached hydrogens (primary N) is 1. The van der Waals surface area contributed by atoms with Crippen molar-refractivity contribution in [1.82, 2.24) is 10.2 Å². The zero-order valence-corrected chi connectivity index (χ0v) is 15.0. The van der Waals surface area contributed by atoms with Gasteiger partial charge >= 0.3 is 0 Å². The fraction of sp³-hybridized carbons (Fsp3) is 0.200. The highest BCUT2D eigenvalue weighted by Crippen LogP contribution is 2.25. The quantitative estimate of drug-likeness (QED) is 0.636. The zero-order chi connectivity index (χ0) is 19.6. The summed E-state index contributed by atoms with van der Waals surface area (Å²) in [5, 5.41) is 10.1. The van der Waals surface area contributed by atoms with E-state index < -0.39 is 17.8 Å². The number of nitrogens with one attached hydrogen (secondary N) is 2. The fourth-order valence-corrected chi connectivity index (χ4v) is 2.55. The monoisotopic (exact) mass is 370 g/mol. The Morgan fingerprint density at radius 2 is 1.89 bits per heavy atom. The molecule has 0 spiro atoms. The van der Waals surface area contributed by atoms with Crippen LogP contribution in [0.4, 0.5) is 14.5 Å². The van der Waals surface area contributed by atoms with Crippen molar-refractivity contribution in [3.63, 3.8) is 0 Å². The Kier molecular flexibility index (Phi) is 5.32. The van der Waals surface area contributed by atoms with Crippen molar-refractivity contribution in [2.45, 2.75) is 19.9 Å². The highest BCUT2D eigenvalue weighted by atomic mass is 19.1. The summed E-state index contributed by atoms with van der Waals surface area (Å²) in [7, 11) is 0. The van der Waals surface area contributed by atoms with E-state index in [2.05, 4.69) is 15.5 Å². The summed E-state index contributed by atoms with van der Waals surface area (Å²) in [5.74, 6) is -1.41. The van der Waals surface area contributed by atoms with Crippen LogP contribution < -0.4 is 11.1 Å². The molecule has 1 amide bonds. The van der Waals surface area contributed by atoms with Crippen LogP contribution in [0.25, 0.3) is 23.1 Å².